The highest BCUT2D eigenvalue weighted by atomic mass is 32.2. The van der Waals surface area contributed by atoms with Gasteiger partial charge in [-0.3, -0.25) is 0 Å². The number of nitrogens with two attached hydrogens (primary N) is 1. The van der Waals surface area contributed by atoms with E-state index in [0.29, 0.717) is 6.07 Å². The second-order valence-corrected chi connectivity index (χ2v) is 4.98. The van der Waals surface area contributed by atoms with E-state index < -0.39 is 26.6 Å². The third-order valence-corrected chi connectivity index (χ3v) is 3.56. The maximum absolute atomic E-state index is 13.6. The Morgan fingerprint density at radius 3 is 2.61 bits per heavy atom. The first kappa shape index (κ1) is 14.6. The lowest BCUT2D eigenvalue weighted by Gasteiger charge is -2.08. The van der Waals surface area contributed by atoms with Crippen LogP contribution in [0.15, 0.2) is 17.0 Å². The maximum Gasteiger partial charge on any atom is 0.244 e. The Kier molecular flexibility index (Phi) is 4.78. The van der Waals surface area contributed by atoms with Crippen LogP contribution in [-0.2, 0) is 10.0 Å². The summed E-state index contributed by atoms with van der Waals surface area (Å²) in [5, 5.41) is 0. The van der Waals surface area contributed by atoms with Crippen LogP contribution in [0.1, 0.15) is 12.5 Å². The van der Waals surface area contributed by atoms with Crippen LogP contribution in [0.25, 0.3) is 0 Å². The molecular weight excluding hydrogens is 262 g/mol. The second kappa shape index (κ2) is 5.91. The van der Waals surface area contributed by atoms with E-state index >= 15 is 0 Å². The molecule has 0 aliphatic carbocycles. The second-order valence-electron chi connectivity index (χ2n) is 3.27. The summed E-state index contributed by atoms with van der Waals surface area (Å²) in [7, 11) is -4.05. The molecule has 0 atom stereocenters. The summed E-state index contributed by atoms with van der Waals surface area (Å²) in [6.45, 7) is 1.59. The van der Waals surface area contributed by atoms with Crippen molar-refractivity contribution in [2.75, 3.05) is 13.1 Å². The average molecular weight is 274 g/mol. The molecule has 98 valence electrons. The summed E-state index contributed by atoms with van der Waals surface area (Å²) in [5.74, 6) is 2.63. The van der Waals surface area contributed by atoms with Gasteiger partial charge in [-0.2, -0.15) is 0 Å². The lowest BCUT2D eigenvalue weighted by Crippen LogP contribution is -2.25. The molecule has 0 heterocycles. The third-order valence-electron chi connectivity index (χ3n) is 1.94. The number of benzene rings is 1. The molecule has 18 heavy (non-hydrogen) atoms. The molecule has 1 rings (SSSR count). The van der Waals surface area contributed by atoms with Crippen molar-refractivity contribution < 1.29 is 17.2 Å². The average Bonchev–Trinajstić information content (AvgIpc) is 2.24. The molecule has 7 heteroatoms. The van der Waals surface area contributed by atoms with Gasteiger partial charge in [-0.1, -0.05) is 18.8 Å². The van der Waals surface area contributed by atoms with Crippen molar-refractivity contribution in [3.63, 3.8) is 0 Å². The van der Waals surface area contributed by atoms with Crippen molar-refractivity contribution in [1.82, 2.24) is 4.72 Å². The number of hydrogen-bond donors (Lipinski definition) is 2. The molecule has 0 fully saturated rings. The molecule has 0 aliphatic rings. The van der Waals surface area contributed by atoms with E-state index in [2.05, 4.69) is 16.6 Å². The maximum atomic E-state index is 13.6. The van der Waals surface area contributed by atoms with Crippen LogP contribution < -0.4 is 10.5 Å². The van der Waals surface area contributed by atoms with Crippen LogP contribution in [0.3, 0.4) is 0 Å². The standard InChI is InChI=1S/C11H12F2N2O2S/c1-2-15-18(16,17)11-8(4-3-5-14)6-9(12)7-10(11)13/h6-7,15H,2,5,14H2,1H3. The van der Waals surface area contributed by atoms with Crippen LogP contribution in [0, 0.1) is 23.5 Å². The normalized spacial score (nSPS) is 10.9. The van der Waals surface area contributed by atoms with Gasteiger partial charge in [0, 0.05) is 12.6 Å². The molecule has 0 spiro atoms. The van der Waals surface area contributed by atoms with E-state index in [1.807, 2.05) is 0 Å². The minimum absolute atomic E-state index is 0.0428. The van der Waals surface area contributed by atoms with Crippen LogP contribution in [0.4, 0.5) is 8.78 Å². The first-order valence-electron chi connectivity index (χ1n) is 5.10. The minimum Gasteiger partial charge on any atom is -0.320 e. The molecule has 0 amide bonds. The molecule has 0 unspecified atom stereocenters. The fourth-order valence-electron chi connectivity index (χ4n) is 1.33. The zero-order valence-electron chi connectivity index (χ0n) is 9.63. The van der Waals surface area contributed by atoms with Gasteiger partial charge in [0.25, 0.3) is 0 Å². The predicted molar refractivity (Wildman–Crippen MR) is 63.2 cm³/mol. The lowest BCUT2D eigenvalue weighted by atomic mass is 10.2. The molecule has 0 aromatic heterocycles. The Morgan fingerprint density at radius 1 is 1.39 bits per heavy atom. The SMILES string of the molecule is CCNS(=O)(=O)c1c(F)cc(F)cc1C#CCN. The van der Waals surface area contributed by atoms with Crippen molar-refractivity contribution in [3.05, 3.63) is 29.3 Å². The van der Waals surface area contributed by atoms with Gasteiger partial charge in [0.2, 0.25) is 10.0 Å². The number of rotatable bonds is 3. The van der Waals surface area contributed by atoms with Gasteiger partial charge < -0.3 is 5.73 Å². The molecule has 3 N–H and O–H groups in total. The topological polar surface area (TPSA) is 72.2 Å². The summed E-state index contributed by atoms with van der Waals surface area (Å²) in [5.41, 5.74) is 4.89. The van der Waals surface area contributed by atoms with E-state index in [9.17, 15) is 17.2 Å². The Bertz CT molecular complexity index is 603. The largest absolute Gasteiger partial charge is 0.320 e. The molecule has 0 saturated heterocycles. The zero-order valence-corrected chi connectivity index (χ0v) is 10.4. The Labute approximate surface area is 104 Å². The smallest absolute Gasteiger partial charge is 0.244 e. The van der Waals surface area contributed by atoms with Crippen molar-refractivity contribution >= 4 is 10.0 Å². The zero-order chi connectivity index (χ0) is 13.8. The quantitative estimate of drug-likeness (QED) is 0.792. The highest BCUT2D eigenvalue weighted by Crippen LogP contribution is 2.20. The van der Waals surface area contributed by atoms with Crippen LogP contribution >= 0.6 is 0 Å². The third kappa shape index (κ3) is 3.26. The van der Waals surface area contributed by atoms with Crippen LogP contribution in [0.2, 0.25) is 0 Å². The van der Waals surface area contributed by atoms with Gasteiger partial charge >= 0.3 is 0 Å². The van der Waals surface area contributed by atoms with Crippen molar-refractivity contribution in [1.29, 1.82) is 0 Å². The number of sulfonamides is 1. The number of halogens is 2. The van der Waals surface area contributed by atoms with Gasteiger partial charge in [0.1, 0.15) is 16.5 Å². The molecule has 1 aromatic carbocycles. The monoisotopic (exact) mass is 274 g/mol. The number of hydrogen-bond acceptors (Lipinski definition) is 3. The summed E-state index contributed by atoms with van der Waals surface area (Å²) in [6, 6.07) is 1.35. The van der Waals surface area contributed by atoms with Gasteiger partial charge in [-0.25, -0.2) is 21.9 Å². The predicted octanol–water partition coefficient (Wildman–Crippen LogP) is 0.573. The lowest BCUT2D eigenvalue weighted by molar-refractivity contribution is 0.543. The summed E-state index contributed by atoms with van der Waals surface area (Å²) < 4.78 is 52.3. The van der Waals surface area contributed by atoms with E-state index in [4.69, 9.17) is 5.73 Å². The highest BCUT2D eigenvalue weighted by molar-refractivity contribution is 7.89. The van der Waals surface area contributed by atoms with E-state index in [1.54, 1.807) is 6.92 Å². The molecule has 0 saturated carbocycles. The summed E-state index contributed by atoms with van der Waals surface area (Å²) in [4.78, 5) is -0.660. The van der Waals surface area contributed by atoms with Gasteiger partial charge in [0.05, 0.1) is 12.1 Å². The van der Waals surface area contributed by atoms with E-state index in [1.165, 1.54) is 0 Å². The first-order chi connectivity index (χ1) is 8.42. The fraction of sp³-hybridized carbons (Fsp3) is 0.273. The Balaban J connectivity index is 3.51. The van der Waals surface area contributed by atoms with E-state index in [0.717, 1.165) is 6.07 Å². The fourth-order valence-corrected chi connectivity index (χ4v) is 2.57. The van der Waals surface area contributed by atoms with Gasteiger partial charge in [0.15, 0.2) is 0 Å². The molecule has 4 nitrogen and oxygen atoms in total. The van der Waals surface area contributed by atoms with Crippen molar-refractivity contribution in [2.24, 2.45) is 5.73 Å². The van der Waals surface area contributed by atoms with Crippen molar-refractivity contribution in [2.45, 2.75) is 11.8 Å². The summed E-state index contributed by atoms with van der Waals surface area (Å²) >= 11 is 0. The summed E-state index contributed by atoms with van der Waals surface area (Å²) in [6.07, 6.45) is 0. The van der Waals surface area contributed by atoms with E-state index in [-0.39, 0.29) is 18.7 Å². The number of nitrogens with one attached hydrogen (secondary N) is 1. The highest BCUT2D eigenvalue weighted by Gasteiger charge is 2.23. The molecular formula is C11H12F2N2O2S. The van der Waals surface area contributed by atoms with Gasteiger partial charge in [-0.15, -0.1) is 0 Å². The minimum atomic E-state index is -4.05. The van der Waals surface area contributed by atoms with Crippen molar-refractivity contribution in [3.8, 4) is 11.8 Å². The Morgan fingerprint density at radius 2 is 2.06 bits per heavy atom. The van der Waals surface area contributed by atoms with Gasteiger partial charge in [-0.05, 0) is 6.07 Å². The Hall–Kier alpha value is -1.49. The molecule has 0 bridgehead atoms. The first-order valence-corrected chi connectivity index (χ1v) is 6.58. The molecule has 0 aliphatic heterocycles. The molecule has 0 radical (unpaired) electrons. The van der Waals surface area contributed by atoms with Crippen LogP contribution in [0.5, 0.6) is 0 Å². The van der Waals surface area contributed by atoms with Crippen LogP contribution in [-0.4, -0.2) is 21.5 Å². The molecule has 1 aromatic rings.